The molecule has 0 aliphatic rings. The minimum absolute atomic E-state index is 0.0438. The number of carbonyl (C=O) groups is 1. The van der Waals surface area contributed by atoms with Crippen LogP contribution in [0.25, 0.3) is 0 Å². The molecule has 18 heavy (non-hydrogen) atoms. The number of anilines is 1. The fourth-order valence-corrected chi connectivity index (χ4v) is 1.65. The van der Waals surface area contributed by atoms with Crippen LogP contribution in [0.1, 0.15) is 5.56 Å². The summed E-state index contributed by atoms with van der Waals surface area (Å²) in [7, 11) is 0. The van der Waals surface area contributed by atoms with E-state index in [-0.39, 0.29) is 17.5 Å². The van der Waals surface area contributed by atoms with E-state index in [1.165, 1.54) is 12.3 Å². The Morgan fingerprint density at radius 3 is 2.78 bits per heavy atom. The van der Waals surface area contributed by atoms with Gasteiger partial charge in [-0.2, -0.15) is 0 Å². The first kappa shape index (κ1) is 12.5. The van der Waals surface area contributed by atoms with E-state index >= 15 is 0 Å². The fraction of sp³-hybridized carbons (Fsp3) is 0.0769. The fourth-order valence-electron chi connectivity index (χ4n) is 1.49. The zero-order chi connectivity index (χ0) is 13.0. The molecule has 1 aromatic carbocycles. The minimum atomic E-state index is -0.398. The van der Waals surface area contributed by atoms with E-state index in [1.54, 1.807) is 30.3 Å². The molecule has 2 rings (SSSR count). The number of rotatable bonds is 3. The van der Waals surface area contributed by atoms with Gasteiger partial charge in [-0.3, -0.25) is 4.79 Å². The molecule has 0 fully saturated rings. The monoisotopic (exact) mass is 264 g/mol. The smallest absolute Gasteiger partial charge is 0.228 e. The number of aromatic nitrogens is 1. The van der Waals surface area contributed by atoms with E-state index in [0.29, 0.717) is 11.3 Å². The van der Waals surface area contributed by atoms with Gasteiger partial charge in [0.2, 0.25) is 5.91 Å². The van der Waals surface area contributed by atoms with Crippen molar-refractivity contribution in [2.45, 2.75) is 6.42 Å². The van der Waals surface area contributed by atoms with Gasteiger partial charge in [0.15, 0.2) is 5.15 Å². The average molecular weight is 265 g/mol. The van der Waals surface area contributed by atoms with Gasteiger partial charge in [0.1, 0.15) is 5.82 Å². The number of carbonyl (C=O) groups excluding carboxylic acids is 1. The zero-order valence-corrected chi connectivity index (χ0v) is 10.1. The predicted octanol–water partition coefficient (Wildman–Crippen LogP) is 3.06. The van der Waals surface area contributed by atoms with Crippen LogP contribution in [0.3, 0.4) is 0 Å². The number of halogens is 2. The standard InChI is InChI=1S/C13H10ClFN2O/c14-13-11(6-3-7-16-13)17-12(18)8-9-4-1-2-5-10(9)15/h1-7H,8H2,(H,17,18). The van der Waals surface area contributed by atoms with Gasteiger partial charge >= 0.3 is 0 Å². The van der Waals surface area contributed by atoms with Crippen molar-refractivity contribution in [3.05, 3.63) is 59.1 Å². The quantitative estimate of drug-likeness (QED) is 0.866. The van der Waals surface area contributed by atoms with Crippen LogP contribution in [0.5, 0.6) is 0 Å². The van der Waals surface area contributed by atoms with Crippen LogP contribution in [0.15, 0.2) is 42.6 Å². The predicted molar refractivity (Wildman–Crippen MR) is 68.0 cm³/mol. The lowest BCUT2D eigenvalue weighted by Gasteiger charge is -2.06. The van der Waals surface area contributed by atoms with Gasteiger partial charge in [0.25, 0.3) is 0 Å². The van der Waals surface area contributed by atoms with E-state index < -0.39 is 5.82 Å². The molecule has 1 heterocycles. The van der Waals surface area contributed by atoms with Gasteiger partial charge in [0, 0.05) is 6.20 Å². The summed E-state index contributed by atoms with van der Waals surface area (Å²) in [5.74, 6) is -0.736. The van der Waals surface area contributed by atoms with Crippen molar-refractivity contribution in [3.8, 4) is 0 Å². The Kier molecular flexibility index (Phi) is 3.89. The molecule has 0 bridgehead atoms. The molecule has 2 aromatic rings. The number of nitrogens with zero attached hydrogens (tertiary/aromatic N) is 1. The van der Waals surface area contributed by atoms with Crippen LogP contribution in [0.4, 0.5) is 10.1 Å². The van der Waals surface area contributed by atoms with Gasteiger partial charge < -0.3 is 5.32 Å². The van der Waals surface area contributed by atoms with Gasteiger partial charge in [-0.25, -0.2) is 9.37 Å². The number of hydrogen-bond donors (Lipinski definition) is 1. The van der Waals surface area contributed by atoms with Crippen molar-refractivity contribution >= 4 is 23.2 Å². The van der Waals surface area contributed by atoms with Gasteiger partial charge in [-0.15, -0.1) is 0 Å². The maximum Gasteiger partial charge on any atom is 0.228 e. The molecule has 0 spiro atoms. The van der Waals surface area contributed by atoms with E-state index in [2.05, 4.69) is 10.3 Å². The molecule has 0 unspecified atom stereocenters. The first-order chi connectivity index (χ1) is 8.66. The van der Waals surface area contributed by atoms with Crippen LogP contribution in [-0.4, -0.2) is 10.9 Å². The Hall–Kier alpha value is -1.94. The van der Waals surface area contributed by atoms with Crippen LogP contribution >= 0.6 is 11.6 Å². The number of amides is 1. The first-order valence-corrected chi connectivity index (χ1v) is 5.68. The Balaban J connectivity index is 2.06. The van der Waals surface area contributed by atoms with Crippen molar-refractivity contribution in [3.63, 3.8) is 0 Å². The lowest BCUT2D eigenvalue weighted by Crippen LogP contribution is -2.15. The molecule has 0 atom stereocenters. The lowest BCUT2D eigenvalue weighted by molar-refractivity contribution is -0.115. The summed E-state index contributed by atoms with van der Waals surface area (Å²) >= 11 is 5.80. The molecular formula is C13H10ClFN2O. The molecule has 92 valence electrons. The summed E-state index contributed by atoms with van der Waals surface area (Å²) in [6.45, 7) is 0. The summed E-state index contributed by atoms with van der Waals surface area (Å²) in [6.07, 6.45) is 1.48. The van der Waals surface area contributed by atoms with Crippen molar-refractivity contribution in [2.75, 3.05) is 5.32 Å². The van der Waals surface area contributed by atoms with E-state index in [1.807, 2.05) is 0 Å². The summed E-state index contributed by atoms with van der Waals surface area (Å²) in [5, 5.41) is 2.79. The maximum atomic E-state index is 13.3. The van der Waals surface area contributed by atoms with Crippen LogP contribution in [0, 0.1) is 5.82 Å². The highest BCUT2D eigenvalue weighted by Crippen LogP contribution is 2.18. The zero-order valence-electron chi connectivity index (χ0n) is 9.36. The Morgan fingerprint density at radius 1 is 1.28 bits per heavy atom. The number of pyridine rings is 1. The van der Waals surface area contributed by atoms with Gasteiger partial charge in [0.05, 0.1) is 12.1 Å². The molecule has 0 aliphatic heterocycles. The molecule has 0 saturated carbocycles. The summed E-state index contributed by atoms with van der Waals surface area (Å²) < 4.78 is 13.3. The topological polar surface area (TPSA) is 42.0 Å². The maximum absolute atomic E-state index is 13.3. The molecule has 3 nitrogen and oxygen atoms in total. The van der Waals surface area contributed by atoms with Crippen LogP contribution in [0.2, 0.25) is 5.15 Å². The van der Waals surface area contributed by atoms with Crippen molar-refractivity contribution in [1.29, 1.82) is 0 Å². The second-order valence-electron chi connectivity index (χ2n) is 3.66. The third-order valence-electron chi connectivity index (χ3n) is 2.34. The highest BCUT2D eigenvalue weighted by Gasteiger charge is 2.09. The van der Waals surface area contributed by atoms with Crippen molar-refractivity contribution < 1.29 is 9.18 Å². The lowest BCUT2D eigenvalue weighted by atomic mass is 10.1. The van der Waals surface area contributed by atoms with Gasteiger partial charge in [-0.1, -0.05) is 29.8 Å². The Morgan fingerprint density at radius 2 is 2.06 bits per heavy atom. The summed E-state index contributed by atoms with van der Waals surface area (Å²) in [5.41, 5.74) is 0.760. The van der Waals surface area contributed by atoms with E-state index in [4.69, 9.17) is 11.6 Å². The molecule has 1 aromatic heterocycles. The Labute approximate surface area is 109 Å². The summed E-state index contributed by atoms with van der Waals surface area (Å²) in [4.78, 5) is 15.6. The molecule has 0 saturated heterocycles. The highest BCUT2D eigenvalue weighted by molar-refractivity contribution is 6.32. The summed E-state index contributed by atoms with van der Waals surface area (Å²) in [6, 6.07) is 9.44. The first-order valence-electron chi connectivity index (χ1n) is 5.30. The number of benzene rings is 1. The normalized spacial score (nSPS) is 10.1. The Bertz CT molecular complexity index is 525. The van der Waals surface area contributed by atoms with E-state index in [0.717, 1.165) is 0 Å². The van der Waals surface area contributed by atoms with E-state index in [9.17, 15) is 9.18 Å². The molecule has 5 heteroatoms. The second kappa shape index (κ2) is 5.60. The van der Waals surface area contributed by atoms with Crippen LogP contribution in [-0.2, 0) is 11.2 Å². The van der Waals surface area contributed by atoms with Crippen LogP contribution < -0.4 is 5.32 Å². The molecule has 1 N–H and O–H groups in total. The second-order valence-corrected chi connectivity index (χ2v) is 4.02. The molecule has 0 radical (unpaired) electrons. The van der Waals surface area contributed by atoms with Crippen molar-refractivity contribution in [1.82, 2.24) is 4.98 Å². The molecular weight excluding hydrogens is 255 g/mol. The largest absolute Gasteiger partial charge is 0.323 e. The number of hydrogen-bond acceptors (Lipinski definition) is 2. The molecule has 1 amide bonds. The van der Waals surface area contributed by atoms with Crippen molar-refractivity contribution in [2.24, 2.45) is 0 Å². The highest BCUT2D eigenvalue weighted by atomic mass is 35.5. The SMILES string of the molecule is O=C(Cc1ccccc1F)Nc1cccnc1Cl. The minimum Gasteiger partial charge on any atom is -0.323 e. The third-order valence-corrected chi connectivity index (χ3v) is 2.64. The molecule has 0 aliphatic carbocycles. The van der Waals surface area contributed by atoms with Gasteiger partial charge in [-0.05, 0) is 23.8 Å². The average Bonchev–Trinajstić information content (AvgIpc) is 2.35. The third kappa shape index (κ3) is 3.05. The number of nitrogens with one attached hydrogen (secondary N) is 1.